The number of halogens is 1. The number of likely N-dealkylation sites (N-methyl/N-ethyl adjacent to an activating group) is 1. The average Bonchev–Trinajstić information content (AvgIpc) is 2.80. The maximum atomic E-state index is 11.9. The zero-order valence-electron chi connectivity index (χ0n) is 12.3. The van der Waals surface area contributed by atoms with E-state index in [0.29, 0.717) is 18.2 Å². The maximum absolute atomic E-state index is 11.9. The lowest BCUT2D eigenvalue weighted by Gasteiger charge is -2.26. The van der Waals surface area contributed by atoms with Crippen molar-refractivity contribution in [2.24, 2.45) is 5.92 Å². The number of alkyl halides is 1. The Balaban J connectivity index is 1.93. The van der Waals surface area contributed by atoms with E-state index in [1.165, 1.54) is 11.3 Å². The van der Waals surface area contributed by atoms with Crippen LogP contribution in [0.3, 0.4) is 0 Å². The molecule has 0 saturated carbocycles. The van der Waals surface area contributed by atoms with Crippen LogP contribution in [-0.4, -0.2) is 42.9 Å². The lowest BCUT2D eigenvalue weighted by molar-refractivity contribution is -0.127. The fourth-order valence-corrected chi connectivity index (χ4v) is 2.92. The fourth-order valence-electron chi connectivity index (χ4n) is 2.71. The molecule has 1 aromatic carbocycles. The van der Waals surface area contributed by atoms with E-state index < -0.39 is 0 Å². The molecule has 1 unspecified atom stereocenters. The fraction of sp³-hybridized carbons (Fsp3) is 0.562. The van der Waals surface area contributed by atoms with Crippen LogP contribution < -0.4 is 4.90 Å². The molecule has 2 rings (SSSR count). The number of benzene rings is 1. The molecule has 1 saturated heterocycles. The molecule has 1 amide bonds. The van der Waals surface area contributed by atoms with Gasteiger partial charge in [0.1, 0.15) is 0 Å². The summed E-state index contributed by atoms with van der Waals surface area (Å²) in [5, 5.41) is 0. The normalized spacial score (nSPS) is 18.6. The van der Waals surface area contributed by atoms with E-state index in [-0.39, 0.29) is 5.91 Å². The number of carbonyl (C=O) groups excluding carboxylic acids is 1. The van der Waals surface area contributed by atoms with E-state index in [0.717, 1.165) is 26.2 Å². The molecule has 0 radical (unpaired) electrons. The van der Waals surface area contributed by atoms with E-state index in [9.17, 15) is 4.79 Å². The highest BCUT2D eigenvalue weighted by molar-refractivity contribution is 6.18. The Kier molecular flexibility index (Phi) is 5.30. The lowest BCUT2D eigenvalue weighted by Crippen LogP contribution is -2.36. The molecule has 0 bridgehead atoms. The Morgan fingerprint density at radius 1 is 1.45 bits per heavy atom. The molecule has 0 spiro atoms. The number of nitrogens with zero attached hydrogens (tertiary/aromatic N) is 2. The van der Waals surface area contributed by atoms with Crippen LogP contribution in [0.1, 0.15) is 18.9 Å². The Morgan fingerprint density at radius 3 is 2.85 bits per heavy atom. The molecule has 1 aliphatic heterocycles. The van der Waals surface area contributed by atoms with Gasteiger partial charge in [-0.2, -0.15) is 0 Å². The zero-order chi connectivity index (χ0) is 14.5. The quantitative estimate of drug-likeness (QED) is 0.753. The predicted octanol–water partition coefficient (Wildman–Crippen LogP) is 2.91. The van der Waals surface area contributed by atoms with Gasteiger partial charge in [-0.05, 0) is 37.5 Å². The molecule has 0 aromatic heterocycles. The van der Waals surface area contributed by atoms with Crippen molar-refractivity contribution >= 4 is 23.2 Å². The van der Waals surface area contributed by atoms with Gasteiger partial charge in [0.15, 0.2) is 0 Å². The molecule has 20 heavy (non-hydrogen) atoms. The first-order valence-electron chi connectivity index (χ1n) is 7.29. The molecule has 3 nitrogen and oxygen atoms in total. The summed E-state index contributed by atoms with van der Waals surface area (Å²) < 4.78 is 0. The van der Waals surface area contributed by atoms with Crippen LogP contribution in [-0.2, 0) is 4.79 Å². The van der Waals surface area contributed by atoms with Crippen LogP contribution in [0.4, 0.5) is 5.69 Å². The number of amides is 1. The van der Waals surface area contributed by atoms with Crippen LogP contribution in [0.25, 0.3) is 0 Å². The highest BCUT2D eigenvalue weighted by Crippen LogP contribution is 2.20. The van der Waals surface area contributed by atoms with E-state index in [1.54, 1.807) is 0 Å². The van der Waals surface area contributed by atoms with Crippen molar-refractivity contribution in [3.8, 4) is 0 Å². The summed E-state index contributed by atoms with van der Waals surface area (Å²) in [6.45, 7) is 7.68. The molecule has 1 heterocycles. The van der Waals surface area contributed by atoms with E-state index in [4.69, 9.17) is 11.6 Å². The first kappa shape index (κ1) is 15.2. The summed E-state index contributed by atoms with van der Waals surface area (Å²) >= 11 is 5.85. The van der Waals surface area contributed by atoms with Crippen LogP contribution in [0.15, 0.2) is 24.3 Å². The second-order valence-electron chi connectivity index (χ2n) is 5.48. The number of likely N-dealkylation sites (tertiary alicyclic amines) is 1. The summed E-state index contributed by atoms with van der Waals surface area (Å²) in [4.78, 5) is 16.1. The van der Waals surface area contributed by atoms with Crippen LogP contribution in [0.2, 0.25) is 0 Å². The number of aryl methyl sites for hydroxylation is 1. The van der Waals surface area contributed by atoms with E-state index in [2.05, 4.69) is 43.0 Å². The minimum Gasteiger partial charge on any atom is -0.370 e. The van der Waals surface area contributed by atoms with Crippen molar-refractivity contribution in [2.75, 3.05) is 37.0 Å². The predicted molar refractivity (Wildman–Crippen MR) is 84.5 cm³/mol. The first-order chi connectivity index (χ1) is 9.63. The van der Waals surface area contributed by atoms with Gasteiger partial charge in [-0.3, -0.25) is 4.79 Å². The van der Waals surface area contributed by atoms with Crippen LogP contribution in [0.5, 0.6) is 0 Å². The van der Waals surface area contributed by atoms with Crippen LogP contribution >= 0.6 is 11.6 Å². The molecule has 1 atom stereocenters. The number of hydrogen-bond acceptors (Lipinski definition) is 2. The number of carbonyl (C=O) groups is 1. The van der Waals surface area contributed by atoms with Crippen molar-refractivity contribution in [2.45, 2.75) is 20.3 Å². The first-order valence-corrected chi connectivity index (χ1v) is 7.82. The Morgan fingerprint density at radius 2 is 2.25 bits per heavy atom. The van der Waals surface area contributed by atoms with Crippen LogP contribution in [0, 0.1) is 12.8 Å². The molecule has 1 fully saturated rings. The topological polar surface area (TPSA) is 23.6 Å². The van der Waals surface area contributed by atoms with E-state index in [1.807, 2.05) is 4.90 Å². The number of rotatable bonds is 6. The lowest BCUT2D eigenvalue weighted by atomic mass is 10.1. The Hall–Kier alpha value is -1.22. The van der Waals surface area contributed by atoms with Crippen molar-refractivity contribution < 1.29 is 4.79 Å². The Bertz CT molecular complexity index is 464. The third-order valence-electron chi connectivity index (χ3n) is 3.90. The average molecular weight is 295 g/mol. The summed E-state index contributed by atoms with van der Waals surface area (Å²) in [5.74, 6) is 1.16. The molecular weight excluding hydrogens is 272 g/mol. The van der Waals surface area contributed by atoms with Gasteiger partial charge in [-0.15, -0.1) is 11.6 Å². The minimum absolute atomic E-state index is 0.246. The molecule has 1 aromatic rings. The third kappa shape index (κ3) is 3.66. The molecule has 4 heteroatoms. The Labute approximate surface area is 126 Å². The second-order valence-corrected chi connectivity index (χ2v) is 5.79. The molecule has 1 aliphatic rings. The van der Waals surface area contributed by atoms with Gasteiger partial charge in [0.2, 0.25) is 5.91 Å². The van der Waals surface area contributed by atoms with Gasteiger partial charge < -0.3 is 9.80 Å². The number of anilines is 1. The number of hydrogen-bond donors (Lipinski definition) is 0. The third-order valence-corrected chi connectivity index (χ3v) is 4.34. The second kappa shape index (κ2) is 6.98. The molecule has 110 valence electrons. The smallest absolute Gasteiger partial charge is 0.223 e. The zero-order valence-corrected chi connectivity index (χ0v) is 13.1. The SMILES string of the molecule is CCN(CCN1CC(CCl)CC1=O)c1cccc(C)c1. The van der Waals surface area contributed by atoms with Gasteiger partial charge >= 0.3 is 0 Å². The summed E-state index contributed by atoms with van der Waals surface area (Å²) in [7, 11) is 0. The molecule has 0 aliphatic carbocycles. The maximum Gasteiger partial charge on any atom is 0.223 e. The van der Waals surface area contributed by atoms with Gasteiger partial charge in [-0.1, -0.05) is 12.1 Å². The van der Waals surface area contributed by atoms with Gasteiger partial charge in [-0.25, -0.2) is 0 Å². The summed E-state index contributed by atoms with van der Waals surface area (Å²) in [6.07, 6.45) is 0.611. The summed E-state index contributed by atoms with van der Waals surface area (Å²) in [6, 6.07) is 8.50. The standard InChI is InChI=1S/C16H23ClN2O/c1-3-18(15-6-4-5-13(2)9-15)7-8-19-12-14(11-17)10-16(19)20/h4-6,9,14H,3,7-8,10-12H2,1-2H3. The minimum atomic E-state index is 0.246. The highest BCUT2D eigenvalue weighted by atomic mass is 35.5. The molecular formula is C16H23ClN2O. The highest BCUT2D eigenvalue weighted by Gasteiger charge is 2.28. The van der Waals surface area contributed by atoms with Crippen molar-refractivity contribution in [3.05, 3.63) is 29.8 Å². The van der Waals surface area contributed by atoms with Crippen molar-refractivity contribution in [1.82, 2.24) is 4.90 Å². The van der Waals surface area contributed by atoms with Gasteiger partial charge in [0.25, 0.3) is 0 Å². The van der Waals surface area contributed by atoms with E-state index >= 15 is 0 Å². The van der Waals surface area contributed by atoms with Crippen molar-refractivity contribution in [1.29, 1.82) is 0 Å². The molecule has 0 N–H and O–H groups in total. The monoisotopic (exact) mass is 294 g/mol. The van der Waals surface area contributed by atoms with Gasteiger partial charge in [0, 0.05) is 44.2 Å². The largest absolute Gasteiger partial charge is 0.370 e. The summed E-state index contributed by atoms with van der Waals surface area (Å²) in [5.41, 5.74) is 2.49. The van der Waals surface area contributed by atoms with Gasteiger partial charge in [0.05, 0.1) is 0 Å². The van der Waals surface area contributed by atoms with Crippen molar-refractivity contribution in [3.63, 3.8) is 0 Å².